The van der Waals surface area contributed by atoms with Crippen molar-refractivity contribution in [3.8, 4) is 0 Å². The van der Waals surface area contributed by atoms with Gasteiger partial charge in [0.05, 0.1) is 0 Å². The molecule has 19 heavy (non-hydrogen) atoms. The minimum Gasteiger partial charge on any atom is -0.333 e. The maximum atomic E-state index is 13.4. The van der Waals surface area contributed by atoms with Crippen molar-refractivity contribution in [2.45, 2.75) is 26.7 Å². The van der Waals surface area contributed by atoms with Gasteiger partial charge in [-0.05, 0) is 19.5 Å². The fraction of sp³-hybridized carbons (Fsp3) is 0.385. The lowest BCUT2D eigenvalue weighted by molar-refractivity contribution is -0.148. The van der Waals surface area contributed by atoms with Crippen molar-refractivity contribution in [1.82, 2.24) is 5.32 Å². The van der Waals surface area contributed by atoms with Crippen LogP contribution in [-0.2, 0) is 15.5 Å². The van der Waals surface area contributed by atoms with E-state index in [1.54, 1.807) is 6.07 Å². The number of amides is 2. The SMILES string of the molecule is CC.CN.Cc1ccccc1C(F)(F)C(=O)NC=O. The van der Waals surface area contributed by atoms with Crippen molar-refractivity contribution in [2.75, 3.05) is 7.05 Å². The van der Waals surface area contributed by atoms with Gasteiger partial charge in [-0.1, -0.05) is 38.1 Å². The second-order valence-corrected chi connectivity index (χ2v) is 2.98. The number of hydrogen-bond acceptors (Lipinski definition) is 3. The van der Waals surface area contributed by atoms with E-state index in [1.165, 1.54) is 31.4 Å². The van der Waals surface area contributed by atoms with Crippen molar-refractivity contribution in [3.63, 3.8) is 0 Å². The van der Waals surface area contributed by atoms with Gasteiger partial charge in [-0.3, -0.25) is 14.9 Å². The third-order valence-corrected chi connectivity index (χ3v) is 1.96. The fourth-order valence-electron chi connectivity index (χ4n) is 1.19. The van der Waals surface area contributed by atoms with E-state index in [9.17, 15) is 18.4 Å². The molecule has 0 saturated heterocycles. The van der Waals surface area contributed by atoms with Crippen LogP contribution in [0.25, 0.3) is 0 Å². The summed E-state index contributed by atoms with van der Waals surface area (Å²) in [7, 11) is 1.50. The number of carbonyl (C=O) groups excluding carboxylic acids is 2. The van der Waals surface area contributed by atoms with Crippen LogP contribution in [-0.4, -0.2) is 19.4 Å². The summed E-state index contributed by atoms with van der Waals surface area (Å²) in [6.45, 7) is 5.47. The smallest absolute Gasteiger partial charge is 0.333 e. The molecule has 0 fully saturated rings. The molecular formula is C13H20F2N2O2. The lowest BCUT2D eigenvalue weighted by Crippen LogP contribution is -2.37. The van der Waals surface area contributed by atoms with Crippen LogP contribution in [0, 0.1) is 6.92 Å². The Morgan fingerprint density at radius 3 is 2.16 bits per heavy atom. The zero-order valence-electron chi connectivity index (χ0n) is 11.5. The Kier molecular flexibility index (Phi) is 10.4. The summed E-state index contributed by atoms with van der Waals surface area (Å²) in [5, 5.41) is 1.44. The van der Waals surface area contributed by atoms with E-state index >= 15 is 0 Å². The Balaban J connectivity index is 0. The van der Waals surface area contributed by atoms with Crippen molar-refractivity contribution >= 4 is 12.3 Å². The molecule has 0 aliphatic rings. The third kappa shape index (κ3) is 5.56. The van der Waals surface area contributed by atoms with Gasteiger partial charge >= 0.3 is 11.8 Å². The molecule has 0 saturated carbocycles. The quantitative estimate of drug-likeness (QED) is 0.828. The van der Waals surface area contributed by atoms with Gasteiger partial charge in [-0.25, -0.2) is 0 Å². The van der Waals surface area contributed by atoms with E-state index in [0.29, 0.717) is 5.56 Å². The molecule has 0 aliphatic carbocycles. The first-order valence-electron chi connectivity index (χ1n) is 5.76. The van der Waals surface area contributed by atoms with Crippen LogP contribution in [0.2, 0.25) is 0 Å². The molecular weight excluding hydrogens is 254 g/mol. The van der Waals surface area contributed by atoms with Gasteiger partial charge in [0.1, 0.15) is 0 Å². The summed E-state index contributed by atoms with van der Waals surface area (Å²) in [6.07, 6.45) is -0.0610. The van der Waals surface area contributed by atoms with E-state index in [-0.39, 0.29) is 6.41 Å². The lowest BCUT2D eigenvalue weighted by Gasteiger charge is -2.16. The van der Waals surface area contributed by atoms with Gasteiger partial charge in [-0.15, -0.1) is 0 Å². The second kappa shape index (κ2) is 10.1. The van der Waals surface area contributed by atoms with Crippen molar-refractivity contribution in [3.05, 3.63) is 35.4 Å². The molecule has 2 amide bonds. The van der Waals surface area contributed by atoms with Crippen LogP contribution < -0.4 is 11.1 Å². The maximum Gasteiger partial charge on any atom is 0.350 e. The molecule has 0 heterocycles. The van der Waals surface area contributed by atoms with Crippen molar-refractivity contribution < 1.29 is 18.4 Å². The maximum absolute atomic E-state index is 13.4. The standard InChI is InChI=1S/C10H9F2NO2.C2H6.CH5N/c1-7-4-2-3-5-8(7)10(11,12)9(15)13-6-14;2*1-2/h2-6H,1H3,(H,13,14,15);1-2H3;2H2,1H3. The first kappa shape index (κ1) is 19.5. The summed E-state index contributed by atoms with van der Waals surface area (Å²) >= 11 is 0. The van der Waals surface area contributed by atoms with Gasteiger partial charge in [0, 0.05) is 5.56 Å². The molecule has 0 aliphatic heterocycles. The monoisotopic (exact) mass is 274 g/mol. The zero-order chi connectivity index (χ0) is 15.5. The van der Waals surface area contributed by atoms with Gasteiger partial charge in [-0.2, -0.15) is 8.78 Å². The summed E-state index contributed by atoms with van der Waals surface area (Å²) in [5.74, 6) is -5.31. The lowest BCUT2D eigenvalue weighted by atomic mass is 10.0. The Morgan fingerprint density at radius 1 is 1.26 bits per heavy atom. The molecule has 1 aromatic rings. The third-order valence-electron chi connectivity index (χ3n) is 1.96. The van der Waals surface area contributed by atoms with E-state index in [0.717, 1.165) is 6.07 Å². The molecule has 0 bridgehead atoms. The molecule has 0 atom stereocenters. The van der Waals surface area contributed by atoms with Crippen LogP contribution in [0.3, 0.4) is 0 Å². The molecule has 0 spiro atoms. The number of rotatable bonds is 3. The minimum atomic E-state index is -3.69. The van der Waals surface area contributed by atoms with E-state index in [2.05, 4.69) is 5.73 Å². The Bertz CT molecular complexity index is 396. The van der Waals surface area contributed by atoms with Gasteiger partial charge in [0.2, 0.25) is 6.41 Å². The number of benzene rings is 1. The highest BCUT2D eigenvalue weighted by molar-refractivity contribution is 5.92. The minimum absolute atomic E-state index is 0.0610. The number of alkyl halides is 2. The van der Waals surface area contributed by atoms with E-state index in [4.69, 9.17) is 0 Å². The van der Waals surface area contributed by atoms with Crippen LogP contribution in [0.15, 0.2) is 24.3 Å². The average molecular weight is 274 g/mol. The summed E-state index contributed by atoms with van der Waals surface area (Å²) in [5.41, 5.74) is 4.40. The molecule has 0 radical (unpaired) electrons. The number of aryl methyl sites for hydroxylation is 1. The number of nitrogens with one attached hydrogen (secondary N) is 1. The summed E-state index contributed by atoms with van der Waals surface area (Å²) in [6, 6.07) is 5.62. The van der Waals surface area contributed by atoms with Crippen LogP contribution in [0.4, 0.5) is 8.78 Å². The molecule has 6 heteroatoms. The molecule has 1 aromatic carbocycles. The zero-order valence-corrected chi connectivity index (χ0v) is 11.5. The number of halogens is 2. The van der Waals surface area contributed by atoms with Crippen LogP contribution >= 0.6 is 0 Å². The van der Waals surface area contributed by atoms with Gasteiger partial charge in [0.25, 0.3) is 0 Å². The highest BCUT2D eigenvalue weighted by Gasteiger charge is 2.41. The number of imide groups is 1. The largest absolute Gasteiger partial charge is 0.350 e. The van der Waals surface area contributed by atoms with Gasteiger partial charge < -0.3 is 5.73 Å². The molecule has 0 unspecified atom stereocenters. The number of carbonyl (C=O) groups is 2. The average Bonchev–Trinajstić information content (AvgIpc) is 2.44. The first-order valence-corrected chi connectivity index (χ1v) is 5.76. The highest BCUT2D eigenvalue weighted by Crippen LogP contribution is 2.30. The normalized spacial score (nSPS) is 9.21. The predicted octanol–water partition coefficient (Wildman–Crippen LogP) is 1.96. The van der Waals surface area contributed by atoms with Gasteiger partial charge in [0.15, 0.2) is 0 Å². The van der Waals surface area contributed by atoms with E-state index < -0.39 is 17.4 Å². The number of nitrogens with two attached hydrogens (primary N) is 1. The molecule has 4 nitrogen and oxygen atoms in total. The topological polar surface area (TPSA) is 72.2 Å². The summed E-state index contributed by atoms with van der Waals surface area (Å²) < 4.78 is 26.9. The molecule has 108 valence electrons. The number of hydrogen-bond donors (Lipinski definition) is 2. The fourth-order valence-corrected chi connectivity index (χ4v) is 1.19. The predicted molar refractivity (Wildman–Crippen MR) is 70.7 cm³/mol. The summed E-state index contributed by atoms with van der Waals surface area (Å²) in [4.78, 5) is 20.8. The molecule has 3 N–H and O–H groups in total. The highest BCUT2D eigenvalue weighted by atomic mass is 19.3. The second-order valence-electron chi connectivity index (χ2n) is 2.98. The van der Waals surface area contributed by atoms with Crippen LogP contribution in [0.1, 0.15) is 25.0 Å². The molecule has 0 aromatic heterocycles. The molecule has 1 rings (SSSR count). The Hall–Kier alpha value is -1.82. The van der Waals surface area contributed by atoms with Crippen molar-refractivity contribution in [2.24, 2.45) is 5.73 Å². The Labute approximate surface area is 112 Å². The Morgan fingerprint density at radius 2 is 1.74 bits per heavy atom. The first-order chi connectivity index (χ1) is 9.00. The van der Waals surface area contributed by atoms with Crippen molar-refractivity contribution in [1.29, 1.82) is 0 Å². The van der Waals surface area contributed by atoms with E-state index in [1.807, 2.05) is 13.8 Å². The van der Waals surface area contributed by atoms with Crippen LogP contribution in [0.5, 0.6) is 0 Å².